The van der Waals surface area contributed by atoms with Crippen LogP contribution in [0, 0.1) is 6.07 Å². The van der Waals surface area contributed by atoms with Crippen LogP contribution in [0.15, 0.2) is 36.9 Å². The van der Waals surface area contributed by atoms with Crippen molar-refractivity contribution in [2.45, 2.75) is 0 Å². The number of hydrogen-bond donors (Lipinski definition) is 1. The molecule has 1 heterocycles. The van der Waals surface area contributed by atoms with Gasteiger partial charge >= 0.3 is 0 Å². The number of benzene rings is 1. The standard InChI is InChI=1S/C12H10N3O/c1-13-12(16)10-4-2-3-9(5-10)11-6-14-8-15-7-11/h3-8H,1H3,(H,13,16). The molecule has 1 amide bonds. The number of nitrogens with zero attached hydrogens (tertiary/aromatic N) is 2. The van der Waals surface area contributed by atoms with E-state index in [0.29, 0.717) is 5.56 Å². The fourth-order valence-corrected chi connectivity index (χ4v) is 1.36. The van der Waals surface area contributed by atoms with E-state index in [0.717, 1.165) is 11.1 Å². The molecule has 79 valence electrons. The van der Waals surface area contributed by atoms with Gasteiger partial charge in [-0.1, -0.05) is 0 Å². The summed E-state index contributed by atoms with van der Waals surface area (Å²) >= 11 is 0. The number of carbonyl (C=O) groups excluding carboxylic acids is 1. The molecule has 2 aromatic rings. The molecule has 4 nitrogen and oxygen atoms in total. The number of hydrogen-bond acceptors (Lipinski definition) is 3. The topological polar surface area (TPSA) is 54.9 Å². The molecule has 4 heteroatoms. The van der Waals surface area contributed by atoms with Crippen molar-refractivity contribution in [2.24, 2.45) is 0 Å². The second kappa shape index (κ2) is 4.53. The molecular formula is C12H10N3O. The average molecular weight is 212 g/mol. The van der Waals surface area contributed by atoms with E-state index in [4.69, 9.17) is 0 Å². The van der Waals surface area contributed by atoms with Crippen molar-refractivity contribution in [3.05, 3.63) is 48.5 Å². The Morgan fingerprint density at radius 2 is 2.00 bits per heavy atom. The average Bonchev–Trinajstić information content (AvgIpc) is 2.39. The van der Waals surface area contributed by atoms with Crippen LogP contribution in [-0.2, 0) is 0 Å². The molecule has 1 N–H and O–H groups in total. The molecule has 0 bridgehead atoms. The zero-order valence-corrected chi connectivity index (χ0v) is 8.77. The van der Waals surface area contributed by atoms with Crippen molar-refractivity contribution in [3.8, 4) is 11.1 Å². The second-order valence-corrected chi connectivity index (χ2v) is 3.22. The van der Waals surface area contributed by atoms with Gasteiger partial charge in [0.05, 0.1) is 0 Å². The van der Waals surface area contributed by atoms with E-state index in [1.165, 1.54) is 6.33 Å². The third-order valence-corrected chi connectivity index (χ3v) is 2.17. The van der Waals surface area contributed by atoms with E-state index < -0.39 is 0 Å². The van der Waals surface area contributed by atoms with E-state index >= 15 is 0 Å². The normalized spacial score (nSPS) is 9.81. The Balaban J connectivity index is 2.40. The molecule has 0 saturated heterocycles. The summed E-state index contributed by atoms with van der Waals surface area (Å²) < 4.78 is 0. The van der Waals surface area contributed by atoms with Crippen LogP contribution in [0.4, 0.5) is 0 Å². The Hall–Kier alpha value is -2.23. The largest absolute Gasteiger partial charge is 0.355 e. The number of amides is 1. The summed E-state index contributed by atoms with van der Waals surface area (Å²) in [6, 6.07) is 8.15. The van der Waals surface area contributed by atoms with Crippen molar-refractivity contribution in [3.63, 3.8) is 0 Å². The van der Waals surface area contributed by atoms with Crippen LogP contribution in [-0.4, -0.2) is 22.9 Å². The van der Waals surface area contributed by atoms with Gasteiger partial charge in [-0.3, -0.25) is 4.79 Å². The summed E-state index contributed by atoms with van der Waals surface area (Å²) in [4.78, 5) is 19.3. The molecule has 2 rings (SSSR count). The van der Waals surface area contributed by atoms with Gasteiger partial charge in [-0.15, -0.1) is 0 Å². The first-order valence-electron chi connectivity index (χ1n) is 4.80. The van der Waals surface area contributed by atoms with Crippen LogP contribution < -0.4 is 5.32 Å². The SMILES string of the molecule is CNC(=O)c1c[c]cc(-c2cncnc2)c1. The molecular weight excluding hydrogens is 202 g/mol. The van der Waals surface area contributed by atoms with Crippen molar-refractivity contribution < 1.29 is 4.79 Å². The van der Waals surface area contributed by atoms with E-state index in [2.05, 4.69) is 21.4 Å². The van der Waals surface area contributed by atoms with Crippen molar-refractivity contribution in [1.29, 1.82) is 0 Å². The first-order valence-corrected chi connectivity index (χ1v) is 4.80. The van der Waals surface area contributed by atoms with Gasteiger partial charge in [0, 0.05) is 30.6 Å². The highest BCUT2D eigenvalue weighted by Gasteiger charge is 2.05. The molecule has 0 unspecified atom stereocenters. The molecule has 1 aromatic carbocycles. The summed E-state index contributed by atoms with van der Waals surface area (Å²) in [7, 11) is 1.60. The first kappa shape index (κ1) is 10.3. The van der Waals surface area contributed by atoms with Gasteiger partial charge < -0.3 is 5.32 Å². The third kappa shape index (κ3) is 2.06. The lowest BCUT2D eigenvalue weighted by atomic mass is 10.1. The Bertz CT molecular complexity index is 497. The summed E-state index contributed by atoms with van der Waals surface area (Å²) in [5.74, 6) is -0.130. The highest BCUT2D eigenvalue weighted by molar-refractivity contribution is 5.95. The molecule has 0 spiro atoms. The Labute approximate surface area is 93.4 Å². The molecule has 16 heavy (non-hydrogen) atoms. The number of aromatic nitrogens is 2. The predicted octanol–water partition coefficient (Wildman–Crippen LogP) is 1.30. The molecule has 0 aliphatic heterocycles. The molecule has 0 aliphatic rings. The summed E-state index contributed by atoms with van der Waals surface area (Å²) in [5, 5.41) is 2.57. The van der Waals surface area contributed by atoms with Crippen LogP contribution in [0.2, 0.25) is 0 Å². The molecule has 0 fully saturated rings. The molecule has 1 radical (unpaired) electrons. The predicted molar refractivity (Wildman–Crippen MR) is 59.7 cm³/mol. The maximum atomic E-state index is 11.4. The van der Waals surface area contributed by atoms with Gasteiger partial charge in [0.25, 0.3) is 5.91 Å². The summed E-state index contributed by atoms with van der Waals surface area (Å²) in [6.45, 7) is 0. The van der Waals surface area contributed by atoms with Crippen LogP contribution in [0.25, 0.3) is 11.1 Å². The smallest absolute Gasteiger partial charge is 0.251 e. The Kier molecular flexibility index (Phi) is 2.91. The van der Waals surface area contributed by atoms with Gasteiger partial charge in [0.1, 0.15) is 6.33 Å². The molecule has 0 saturated carbocycles. The number of carbonyl (C=O) groups is 1. The second-order valence-electron chi connectivity index (χ2n) is 3.22. The van der Waals surface area contributed by atoms with E-state index in [1.54, 1.807) is 37.6 Å². The lowest BCUT2D eigenvalue weighted by Crippen LogP contribution is -2.17. The Morgan fingerprint density at radius 3 is 2.69 bits per heavy atom. The molecule has 1 aromatic heterocycles. The van der Waals surface area contributed by atoms with Crippen LogP contribution in [0.3, 0.4) is 0 Å². The van der Waals surface area contributed by atoms with Crippen LogP contribution in [0.1, 0.15) is 10.4 Å². The summed E-state index contributed by atoms with van der Waals surface area (Å²) in [6.07, 6.45) is 4.86. The van der Waals surface area contributed by atoms with Crippen molar-refractivity contribution in [1.82, 2.24) is 15.3 Å². The van der Waals surface area contributed by atoms with E-state index in [1.807, 2.05) is 0 Å². The minimum absolute atomic E-state index is 0.130. The van der Waals surface area contributed by atoms with Gasteiger partial charge in [-0.25, -0.2) is 9.97 Å². The molecule has 0 atom stereocenters. The highest BCUT2D eigenvalue weighted by atomic mass is 16.1. The van der Waals surface area contributed by atoms with Gasteiger partial charge in [-0.05, 0) is 29.8 Å². The number of nitrogens with one attached hydrogen (secondary N) is 1. The van der Waals surface area contributed by atoms with Crippen molar-refractivity contribution >= 4 is 5.91 Å². The third-order valence-electron chi connectivity index (χ3n) is 2.17. The quantitative estimate of drug-likeness (QED) is 0.816. The van der Waals surface area contributed by atoms with Crippen LogP contribution >= 0.6 is 0 Å². The van der Waals surface area contributed by atoms with Crippen LogP contribution in [0.5, 0.6) is 0 Å². The number of rotatable bonds is 2. The van der Waals surface area contributed by atoms with Gasteiger partial charge in [-0.2, -0.15) is 0 Å². The first-order chi connectivity index (χ1) is 7.81. The maximum Gasteiger partial charge on any atom is 0.251 e. The lowest BCUT2D eigenvalue weighted by molar-refractivity contribution is 0.0963. The molecule has 0 aliphatic carbocycles. The van der Waals surface area contributed by atoms with E-state index in [9.17, 15) is 4.79 Å². The fraction of sp³-hybridized carbons (Fsp3) is 0.0833. The maximum absolute atomic E-state index is 11.4. The van der Waals surface area contributed by atoms with Gasteiger partial charge in [0.15, 0.2) is 0 Å². The Morgan fingerprint density at radius 1 is 1.25 bits per heavy atom. The minimum atomic E-state index is -0.130. The van der Waals surface area contributed by atoms with Crippen molar-refractivity contribution in [2.75, 3.05) is 7.05 Å². The zero-order valence-electron chi connectivity index (χ0n) is 8.77. The minimum Gasteiger partial charge on any atom is -0.355 e. The monoisotopic (exact) mass is 212 g/mol. The summed E-state index contributed by atoms with van der Waals surface area (Å²) in [5.41, 5.74) is 2.31. The van der Waals surface area contributed by atoms with Gasteiger partial charge in [0.2, 0.25) is 0 Å². The fourth-order valence-electron chi connectivity index (χ4n) is 1.36. The van der Waals surface area contributed by atoms with E-state index in [-0.39, 0.29) is 5.91 Å². The lowest BCUT2D eigenvalue weighted by Gasteiger charge is -2.03. The highest BCUT2D eigenvalue weighted by Crippen LogP contribution is 2.17. The zero-order chi connectivity index (χ0) is 11.4.